The van der Waals surface area contributed by atoms with Crippen molar-refractivity contribution in [3.63, 3.8) is 0 Å². The van der Waals surface area contributed by atoms with Crippen LogP contribution < -0.4 is 10.6 Å². The molecule has 5 heteroatoms. The summed E-state index contributed by atoms with van der Waals surface area (Å²) in [6.45, 7) is 0. The number of hydrogen-bond acceptors (Lipinski definition) is 2. The first-order chi connectivity index (χ1) is 13.3. The molecule has 2 amide bonds. The van der Waals surface area contributed by atoms with Crippen molar-refractivity contribution in [1.82, 2.24) is 15.5 Å². The second kappa shape index (κ2) is 8.08. The summed E-state index contributed by atoms with van der Waals surface area (Å²) in [5.41, 5.74) is 3.68. The van der Waals surface area contributed by atoms with Crippen LogP contribution in [0.15, 0.2) is 48.5 Å². The number of aromatic amines is 1. The molecule has 0 bridgehead atoms. The van der Waals surface area contributed by atoms with Crippen LogP contribution in [0.25, 0.3) is 23.1 Å². The Labute approximate surface area is 158 Å². The van der Waals surface area contributed by atoms with Gasteiger partial charge in [-0.15, -0.1) is 0 Å². The summed E-state index contributed by atoms with van der Waals surface area (Å²) in [6.07, 6.45) is 9.86. The Morgan fingerprint density at radius 3 is 2.67 bits per heavy atom. The number of hydrogen-bond donors (Lipinski definition) is 3. The number of H-pyrrole nitrogens is 1. The summed E-state index contributed by atoms with van der Waals surface area (Å²) in [7, 11) is 0. The molecule has 2 aromatic carbocycles. The van der Waals surface area contributed by atoms with Crippen LogP contribution in [-0.2, 0) is 0 Å². The molecule has 0 aliphatic heterocycles. The van der Waals surface area contributed by atoms with Crippen LogP contribution in [0, 0.1) is 0 Å². The number of urea groups is 1. The minimum atomic E-state index is -0.134. The molecule has 0 spiro atoms. The van der Waals surface area contributed by atoms with E-state index in [4.69, 9.17) is 0 Å². The van der Waals surface area contributed by atoms with Crippen molar-refractivity contribution in [3.05, 3.63) is 59.8 Å². The van der Waals surface area contributed by atoms with Gasteiger partial charge in [0.15, 0.2) is 0 Å². The predicted octanol–water partition coefficient (Wildman–Crippen LogP) is 5.19. The maximum absolute atomic E-state index is 12.2. The van der Waals surface area contributed by atoms with E-state index in [0.29, 0.717) is 6.04 Å². The van der Waals surface area contributed by atoms with Crippen molar-refractivity contribution in [2.75, 3.05) is 5.32 Å². The number of rotatable bonds is 4. The molecule has 27 heavy (non-hydrogen) atoms. The van der Waals surface area contributed by atoms with E-state index in [-0.39, 0.29) is 6.03 Å². The van der Waals surface area contributed by atoms with Gasteiger partial charge in [-0.2, -0.15) is 5.10 Å². The van der Waals surface area contributed by atoms with Gasteiger partial charge < -0.3 is 10.6 Å². The Balaban J connectivity index is 1.44. The monoisotopic (exact) mass is 360 g/mol. The predicted molar refractivity (Wildman–Crippen MR) is 110 cm³/mol. The normalized spacial score (nSPS) is 15.3. The number of benzene rings is 2. The highest BCUT2D eigenvalue weighted by Gasteiger charge is 2.15. The lowest BCUT2D eigenvalue weighted by Crippen LogP contribution is -2.38. The van der Waals surface area contributed by atoms with E-state index in [0.717, 1.165) is 40.7 Å². The van der Waals surface area contributed by atoms with E-state index in [1.165, 1.54) is 19.3 Å². The third kappa shape index (κ3) is 4.37. The van der Waals surface area contributed by atoms with Gasteiger partial charge in [0, 0.05) is 17.1 Å². The topological polar surface area (TPSA) is 69.8 Å². The smallest absolute Gasteiger partial charge is 0.319 e. The van der Waals surface area contributed by atoms with Crippen LogP contribution in [0.3, 0.4) is 0 Å². The fourth-order valence-corrected chi connectivity index (χ4v) is 3.58. The molecule has 1 fully saturated rings. The van der Waals surface area contributed by atoms with Crippen LogP contribution in [0.2, 0.25) is 0 Å². The molecule has 0 radical (unpaired) electrons. The summed E-state index contributed by atoms with van der Waals surface area (Å²) in [5.74, 6) is 0. The highest BCUT2D eigenvalue weighted by atomic mass is 16.2. The van der Waals surface area contributed by atoms with E-state index in [9.17, 15) is 4.79 Å². The van der Waals surface area contributed by atoms with Crippen molar-refractivity contribution >= 4 is 34.8 Å². The fourth-order valence-electron chi connectivity index (χ4n) is 3.58. The van der Waals surface area contributed by atoms with Crippen LogP contribution in [0.1, 0.15) is 43.4 Å². The van der Waals surface area contributed by atoms with Crippen molar-refractivity contribution in [3.8, 4) is 0 Å². The lowest BCUT2D eigenvalue weighted by molar-refractivity contribution is 0.244. The second-order valence-corrected chi connectivity index (χ2v) is 7.05. The number of amides is 2. The molecule has 0 atom stereocenters. The molecule has 1 aliphatic carbocycles. The highest BCUT2D eigenvalue weighted by molar-refractivity contribution is 5.95. The largest absolute Gasteiger partial charge is 0.335 e. The Morgan fingerprint density at radius 1 is 1.04 bits per heavy atom. The average molecular weight is 360 g/mol. The van der Waals surface area contributed by atoms with Gasteiger partial charge in [0.05, 0.1) is 11.2 Å². The first-order valence-corrected chi connectivity index (χ1v) is 9.57. The molecule has 1 heterocycles. The SMILES string of the molecule is O=C(Nc1ccc2c(/C=C/c3ccccc3)n[nH]c2c1)NC1CCCCC1. The fraction of sp³-hybridized carbons (Fsp3) is 0.273. The van der Waals surface area contributed by atoms with Gasteiger partial charge in [-0.1, -0.05) is 55.7 Å². The number of carbonyl (C=O) groups is 1. The van der Waals surface area contributed by atoms with Crippen LogP contribution in [-0.4, -0.2) is 22.3 Å². The quantitative estimate of drug-likeness (QED) is 0.599. The van der Waals surface area contributed by atoms with Gasteiger partial charge in [0.2, 0.25) is 0 Å². The summed E-state index contributed by atoms with van der Waals surface area (Å²) in [6, 6.07) is 16.1. The Bertz CT molecular complexity index is 939. The van der Waals surface area contributed by atoms with Crippen molar-refractivity contribution in [1.29, 1.82) is 0 Å². The zero-order chi connectivity index (χ0) is 18.5. The van der Waals surface area contributed by atoms with E-state index < -0.39 is 0 Å². The zero-order valence-electron chi connectivity index (χ0n) is 15.2. The zero-order valence-corrected chi connectivity index (χ0v) is 15.2. The molecule has 0 saturated heterocycles. The van der Waals surface area contributed by atoms with Gasteiger partial charge in [-0.05, 0) is 42.7 Å². The Kier molecular flexibility index (Phi) is 5.19. The number of nitrogens with one attached hydrogen (secondary N) is 3. The second-order valence-electron chi connectivity index (χ2n) is 7.05. The van der Waals surface area contributed by atoms with E-state index in [2.05, 4.69) is 33.0 Å². The van der Waals surface area contributed by atoms with Crippen LogP contribution in [0.5, 0.6) is 0 Å². The minimum absolute atomic E-state index is 0.134. The van der Waals surface area contributed by atoms with Crippen molar-refractivity contribution < 1.29 is 4.79 Å². The highest BCUT2D eigenvalue weighted by Crippen LogP contribution is 2.22. The Hall–Kier alpha value is -3.08. The standard InChI is InChI=1S/C22H24N4O/c27-22(23-17-9-5-2-6-10-17)24-18-12-13-19-20(25-26-21(19)15-18)14-11-16-7-3-1-4-8-16/h1,3-4,7-8,11-15,17H,2,5-6,9-10H2,(H,25,26)(H2,23,24,27)/b14-11+. The van der Waals surface area contributed by atoms with E-state index in [1.807, 2.05) is 48.6 Å². The molecule has 1 aromatic heterocycles. The molecule has 1 aliphatic rings. The molecule has 1 saturated carbocycles. The van der Waals surface area contributed by atoms with Crippen LogP contribution in [0.4, 0.5) is 10.5 Å². The van der Waals surface area contributed by atoms with Crippen LogP contribution >= 0.6 is 0 Å². The summed E-state index contributed by atoms with van der Waals surface area (Å²) in [5, 5.41) is 14.5. The average Bonchev–Trinajstić information content (AvgIpc) is 3.10. The minimum Gasteiger partial charge on any atom is -0.335 e. The number of carbonyl (C=O) groups excluding carboxylic acids is 1. The summed E-state index contributed by atoms with van der Waals surface area (Å²) < 4.78 is 0. The molecular weight excluding hydrogens is 336 g/mol. The van der Waals surface area contributed by atoms with Gasteiger partial charge in [0.25, 0.3) is 0 Å². The molecule has 0 unspecified atom stereocenters. The number of fused-ring (bicyclic) bond motifs is 1. The number of anilines is 1. The third-order valence-electron chi connectivity index (χ3n) is 5.02. The first kappa shape index (κ1) is 17.3. The van der Waals surface area contributed by atoms with E-state index in [1.54, 1.807) is 0 Å². The molecule has 3 N–H and O–H groups in total. The molecule has 138 valence electrons. The molecular formula is C22H24N4O. The molecule has 3 aromatic rings. The number of aromatic nitrogens is 2. The lowest BCUT2D eigenvalue weighted by atomic mass is 9.96. The molecule has 5 nitrogen and oxygen atoms in total. The third-order valence-corrected chi connectivity index (χ3v) is 5.02. The van der Waals surface area contributed by atoms with E-state index >= 15 is 0 Å². The van der Waals surface area contributed by atoms with Gasteiger partial charge in [-0.25, -0.2) is 4.79 Å². The maximum atomic E-state index is 12.2. The summed E-state index contributed by atoms with van der Waals surface area (Å²) in [4.78, 5) is 12.2. The van der Waals surface area contributed by atoms with Crippen molar-refractivity contribution in [2.45, 2.75) is 38.1 Å². The lowest BCUT2D eigenvalue weighted by Gasteiger charge is -2.22. The van der Waals surface area contributed by atoms with Crippen molar-refractivity contribution in [2.24, 2.45) is 0 Å². The van der Waals surface area contributed by atoms with Gasteiger partial charge in [-0.3, -0.25) is 5.10 Å². The molecule has 4 rings (SSSR count). The Morgan fingerprint density at radius 2 is 1.85 bits per heavy atom. The number of nitrogens with zero attached hydrogens (tertiary/aromatic N) is 1. The van der Waals surface area contributed by atoms with Gasteiger partial charge in [0.1, 0.15) is 0 Å². The first-order valence-electron chi connectivity index (χ1n) is 9.57. The van der Waals surface area contributed by atoms with Gasteiger partial charge >= 0.3 is 6.03 Å². The maximum Gasteiger partial charge on any atom is 0.319 e. The summed E-state index contributed by atoms with van der Waals surface area (Å²) >= 11 is 0.